The number of amides is 2. The highest BCUT2D eigenvalue weighted by molar-refractivity contribution is 5.99. The Morgan fingerprint density at radius 2 is 1.62 bits per heavy atom. The van der Waals surface area contributed by atoms with E-state index < -0.39 is 0 Å². The van der Waals surface area contributed by atoms with E-state index in [0.717, 1.165) is 22.3 Å². The Hall–Kier alpha value is -2.69. The van der Waals surface area contributed by atoms with E-state index in [1.807, 2.05) is 39.8 Å². The molecule has 2 aromatic rings. The van der Waals surface area contributed by atoms with Crippen molar-refractivity contribution >= 4 is 11.8 Å². The molecule has 0 saturated carbocycles. The molecule has 2 rings (SSSR count). The van der Waals surface area contributed by atoms with Crippen molar-refractivity contribution < 1.29 is 14.0 Å². The molecule has 0 bridgehead atoms. The van der Waals surface area contributed by atoms with Gasteiger partial charge in [-0.1, -0.05) is 29.8 Å². The summed E-state index contributed by atoms with van der Waals surface area (Å²) in [6.07, 6.45) is 0. The average Bonchev–Trinajstić information content (AvgIpc) is 2.58. The lowest BCUT2D eigenvalue weighted by Gasteiger charge is -2.22. The highest BCUT2D eigenvalue weighted by Gasteiger charge is 2.20. The molecule has 0 radical (unpaired) electrons. The highest BCUT2D eigenvalue weighted by atomic mass is 19.1. The third-order valence-corrected chi connectivity index (χ3v) is 4.30. The van der Waals surface area contributed by atoms with Crippen LogP contribution in [-0.4, -0.2) is 29.8 Å². The molecule has 2 aromatic carbocycles. The van der Waals surface area contributed by atoms with Crippen molar-refractivity contribution in [3.63, 3.8) is 0 Å². The molecule has 0 aliphatic rings. The van der Waals surface area contributed by atoms with Crippen LogP contribution in [0.2, 0.25) is 0 Å². The topological polar surface area (TPSA) is 49.4 Å². The Bertz CT molecular complexity index is 777. The van der Waals surface area contributed by atoms with E-state index in [1.165, 1.54) is 17.0 Å². The fraction of sp³-hybridized carbons (Fsp3) is 0.333. The summed E-state index contributed by atoms with van der Waals surface area (Å²) in [4.78, 5) is 26.6. The molecule has 26 heavy (non-hydrogen) atoms. The van der Waals surface area contributed by atoms with Gasteiger partial charge < -0.3 is 10.2 Å². The molecule has 0 unspecified atom stereocenters. The van der Waals surface area contributed by atoms with Crippen molar-refractivity contribution in [1.82, 2.24) is 10.2 Å². The number of benzene rings is 2. The molecule has 0 spiro atoms. The standard InChI is InChI=1S/C21H25FN2O2/c1-5-24(21(26)20-15(3)10-14(2)11-16(20)4)13-19(25)23-12-17-6-8-18(22)9-7-17/h6-11H,5,12-13H2,1-4H3,(H,23,25). The minimum atomic E-state index is -0.313. The van der Waals surface area contributed by atoms with Gasteiger partial charge in [-0.25, -0.2) is 4.39 Å². The van der Waals surface area contributed by atoms with Crippen LogP contribution in [0, 0.1) is 26.6 Å². The van der Waals surface area contributed by atoms with E-state index in [9.17, 15) is 14.0 Å². The summed E-state index contributed by atoms with van der Waals surface area (Å²) in [6, 6.07) is 9.90. The number of carbonyl (C=O) groups excluding carboxylic acids is 2. The molecule has 0 aliphatic heterocycles. The van der Waals surface area contributed by atoms with Gasteiger partial charge in [-0.05, 0) is 56.5 Å². The van der Waals surface area contributed by atoms with Crippen molar-refractivity contribution in [3.05, 3.63) is 70.0 Å². The number of aryl methyl sites for hydroxylation is 3. The van der Waals surface area contributed by atoms with Crippen LogP contribution >= 0.6 is 0 Å². The number of nitrogens with one attached hydrogen (secondary N) is 1. The number of likely N-dealkylation sites (N-methyl/N-ethyl adjacent to an activating group) is 1. The van der Waals surface area contributed by atoms with E-state index in [-0.39, 0.29) is 24.2 Å². The minimum Gasteiger partial charge on any atom is -0.350 e. The van der Waals surface area contributed by atoms with Crippen molar-refractivity contribution in [3.8, 4) is 0 Å². The zero-order chi connectivity index (χ0) is 19.3. The summed E-state index contributed by atoms with van der Waals surface area (Å²) in [7, 11) is 0. The Balaban J connectivity index is 2.03. The number of nitrogens with zero attached hydrogens (tertiary/aromatic N) is 1. The quantitative estimate of drug-likeness (QED) is 0.861. The maximum atomic E-state index is 12.9. The fourth-order valence-electron chi connectivity index (χ4n) is 3.03. The van der Waals surface area contributed by atoms with Gasteiger partial charge in [0.25, 0.3) is 5.91 Å². The highest BCUT2D eigenvalue weighted by Crippen LogP contribution is 2.18. The first-order valence-corrected chi connectivity index (χ1v) is 8.70. The van der Waals surface area contributed by atoms with Gasteiger partial charge in [0.1, 0.15) is 5.82 Å². The zero-order valence-corrected chi connectivity index (χ0v) is 15.7. The molecule has 0 fully saturated rings. The Morgan fingerprint density at radius 3 is 2.15 bits per heavy atom. The first kappa shape index (κ1) is 19.6. The normalized spacial score (nSPS) is 10.5. The molecule has 0 aromatic heterocycles. The van der Waals surface area contributed by atoms with E-state index in [0.29, 0.717) is 18.7 Å². The molecule has 138 valence electrons. The number of hydrogen-bond acceptors (Lipinski definition) is 2. The van der Waals surface area contributed by atoms with Crippen LogP contribution in [0.5, 0.6) is 0 Å². The van der Waals surface area contributed by atoms with Crippen molar-refractivity contribution in [2.24, 2.45) is 0 Å². The number of rotatable bonds is 6. The van der Waals surface area contributed by atoms with Gasteiger partial charge in [0.15, 0.2) is 0 Å². The smallest absolute Gasteiger partial charge is 0.254 e. The van der Waals surface area contributed by atoms with Crippen LogP contribution < -0.4 is 5.32 Å². The van der Waals surface area contributed by atoms with Crippen molar-refractivity contribution in [2.75, 3.05) is 13.1 Å². The molecule has 0 saturated heterocycles. The molecular weight excluding hydrogens is 331 g/mol. The summed E-state index contributed by atoms with van der Waals surface area (Å²) in [5, 5.41) is 2.77. The SMILES string of the molecule is CCN(CC(=O)NCc1ccc(F)cc1)C(=O)c1c(C)cc(C)cc1C. The third-order valence-electron chi connectivity index (χ3n) is 4.30. The van der Waals surface area contributed by atoms with Crippen LogP contribution in [-0.2, 0) is 11.3 Å². The summed E-state index contributed by atoms with van der Waals surface area (Å²) in [5.74, 6) is -0.696. The number of halogens is 1. The van der Waals surface area contributed by atoms with Gasteiger partial charge in [0.05, 0.1) is 6.54 Å². The van der Waals surface area contributed by atoms with E-state index >= 15 is 0 Å². The summed E-state index contributed by atoms with van der Waals surface area (Å²) < 4.78 is 12.9. The first-order chi connectivity index (χ1) is 12.3. The second-order valence-electron chi connectivity index (χ2n) is 6.50. The van der Waals surface area contributed by atoms with Crippen LogP contribution in [0.4, 0.5) is 4.39 Å². The van der Waals surface area contributed by atoms with Gasteiger partial charge in [0, 0.05) is 18.7 Å². The van der Waals surface area contributed by atoms with Crippen LogP contribution in [0.3, 0.4) is 0 Å². The largest absolute Gasteiger partial charge is 0.350 e. The Morgan fingerprint density at radius 1 is 1.04 bits per heavy atom. The fourth-order valence-corrected chi connectivity index (χ4v) is 3.03. The number of carbonyl (C=O) groups is 2. The van der Waals surface area contributed by atoms with E-state index in [1.54, 1.807) is 12.1 Å². The van der Waals surface area contributed by atoms with Gasteiger partial charge in [-0.15, -0.1) is 0 Å². The van der Waals surface area contributed by atoms with Gasteiger partial charge >= 0.3 is 0 Å². The van der Waals surface area contributed by atoms with Gasteiger partial charge in [-0.2, -0.15) is 0 Å². The minimum absolute atomic E-state index is 0.0106. The summed E-state index contributed by atoms with van der Waals surface area (Å²) in [6.45, 7) is 8.40. The third kappa shape index (κ3) is 4.91. The van der Waals surface area contributed by atoms with Crippen LogP contribution in [0.1, 0.15) is 39.5 Å². The van der Waals surface area contributed by atoms with Gasteiger partial charge in [0.2, 0.25) is 5.91 Å². The van der Waals surface area contributed by atoms with Gasteiger partial charge in [-0.3, -0.25) is 9.59 Å². The second-order valence-corrected chi connectivity index (χ2v) is 6.50. The molecule has 0 aliphatic carbocycles. The molecule has 5 heteroatoms. The molecule has 0 atom stereocenters. The monoisotopic (exact) mass is 356 g/mol. The molecule has 0 heterocycles. The Kier molecular flexibility index (Phi) is 6.50. The first-order valence-electron chi connectivity index (χ1n) is 8.70. The van der Waals surface area contributed by atoms with Crippen molar-refractivity contribution in [2.45, 2.75) is 34.2 Å². The lowest BCUT2D eigenvalue weighted by molar-refractivity contribution is -0.121. The lowest BCUT2D eigenvalue weighted by Crippen LogP contribution is -2.40. The summed E-state index contributed by atoms with van der Waals surface area (Å²) >= 11 is 0. The zero-order valence-electron chi connectivity index (χ0n) is 15.7. The van der Waals surface area contributed by atoms with E-state index in [4.69, 9.17) is 0 Å². The number of hydrogen-bond donors (Lipinski definition) is 1. The molecule has 2 amide bonds. The maximum absolute atomic E-state index is 12.9. The molecule has 4 nitrogen and oxygen atoms in total. The van der Waals surface area contributed by atoms with E-state index in [2.05, 4.69) is 5.32 Å². The van der Waals surface area contributed by atoms with Crippen LogP contribution in [0.15, 0.2) is 36.4 Å². The molecular formula is C21H25FN2O2. The maximum Gasteiger partial charge on any atom is 0.254 e. The van der Waals surface area contributed by atoms with Crippen molar-refractivity contribution in [1.29, 1.82) is 0 Å². The average molecular weight is 356 g/mol. The lowest BCUT2D eigenvalue weighted by atomic mass is 9.98. The Labute approximate surface area is 154 Å². The predicted octanol–water partition coefficient (Wildman–Crippen LogP) is 3.53. The molecule has 1 N–H and O–H groups in total. The second kappa shape index (κ2) is 8.61. The summed E-state index contributed by atoms with van der Waals surface area (Å²) in [5.41, 5.74) is 4.40. The van der Waals surface area contributed by atoms with Crippen LogP contribution in [0.25, 0.3) is 0 Å². The predicted molar refractivity (Wildman–Crippen MR) is 100 cm³/mol.